The molecule has 4 nitrogen and oxygen atoms in total. The quantitative estimate of drug-likeness (QED) is 0.798. The molecule has 2 aromatic carbocycles. The number of hydrogen-bond acceptors (Lipinski definition) is 3. The van der Waals surface area contributed by atoms with Crippen molar-refractivity contribution in [3.63, 3.8) is 0 Å². The van der Waals surface area contributed by atoms with Gasteiger partial charge >= 0.3 is 0 Å². The van der Waals surface area contributed by atoms with Gasteiger partial charge in [-0.15, -0.1) is 0 Å². The van der Waals surface area contributed by atoms with Crippen molar-refractivity contribution in [3.8, 4) is 6.07 Å². The molecule has 0 saturated heterocycles. The SMILES string of the molecule is Cc1ccc(C#N)cc1NCc1nc2ccccc2n1C. The minimum Gasteiger partial charge on any atom is -0.378 e. The number of aryl methyl sites for hydroxylation is 2. The van der Waals surface area contributed by atoms with E-state index in [4.69, 9.17) is 5.26 Å². The molecule has 0 aliphatic heterocycles. The summed E-state index contributed by atoms with van der Waals surface area (Å²) in [5, 5.41) is 12.4. The lowest BCUT2D eigenvalue weighted by atomic mass is 10.1. The van der Waals surface area contributed by atoms with E-state index in [0.29, 0.717) is 12.1 Å². The molecule has 1 heterocycles. The Hall–Kier alpha value is -2.80. The van der Waals surface area contributed by atoms with Gasteiger partial charge in [0.15, 0.2) is 0 Å². The van der Waals surface area contributed by atoms with Crippen LogP contribution in [0.15, 0.2) is 42.5 Å². The Balaban J connectivity index is 1.87. The number of nitrogens with one attached hydrogen (secondary N) is 1. The van der Waals surface area contributed by atoms with Crippen LogP contribution in [0.25, 0.3) is 11.0 Å². The van der Waals surface area contributed by atoms with E-state index in [1.54, 1.807) is 0 Å². The van der Waals surface area contributed by atoms with Crippen molar-refractivity contribution < 1.29 is 0 Å². The van der Waals surface area contributed by atoms with Gasteiger partial charge in [-0.1, -0.05) is 18.2 Å². The Bertz CT molecular complexity index is 840. The molecule has 0 bridgehead atoms. The van der Waals surface area contributed by atoms with E-state index in [9.17, 15) is 0 Å². The third-order valence-electron chi connectivity index (χ3n) is 3.68. The molecular formula is C17H16N4. The number of rotatable bonds is 3. The monoisotopic (exact) mass is 276 g/mol. The predicted molar refractivity (Wildman–Crippen MR) is 83.9 cm³/mol. The Labute approximate surface area is 123 Å². The lowest BCUT2D eigenvalue weighted by Crippen LogP contribution is -2.07. The summed E-state index contributed by atoms with van der Waals surface area (Å²) < 4.78 is 2.09. The van der Waals surface area contributed by atoms with Crippen molar-refractivity contribution >= 4 is 16.7 Å². The molecule has 0 atom stereocenters. The first-order valence-corrected chi connectivity index (χ1v) is 6.84. The minimum absolute atomic E-state index is 0.626. The Morgan fingerprint density at radius 1 is 1.24 bits per heavy atom. The number of fused-ring (bicyclic) bond motifs is 1. The van der Waals surface area contributed by atoms with Gasteiger partial charge in [-0.25, -0.2) is 4.98 Å². The predicted octanol–water partition coefficient (Wildman–Crippen LogP) is 3.37. The fourth-order valence-electron chi connectivity index (χ4n) is 2.41. The number of benzene rings is 2. The summed E-state index contributed by atoms with van der Waals surface area (Å²) in [6.45, 7) is 2.65. The van der Waals surface area contributed by atoms with E-state index in [1.165, 1.54) is 0 Å². The molecular weight excluding hydrogens is 260 g/mol. The average molecular weight is 276 g/mol. The highest BCUT2D eigenvalue weighted by atomic mass is 15.1. The van der Waals surface area contributed by atoms with Crippen LogP contribution in [0.4, 0.5) is 5.69 Å². The van der Waals surface area contributed by atoms with Crippen LogP contribution < -0.4 is 5.32 Å². The van der Waals surface area contributed by atoms with Crippen LogP contribution >= 0.6 is 0 Å². The topological polar surface area (TPSA) is 53.6 Å². The van der Waals surface area contributed by atoms with Crippen LogP contribution in [0.5, 0.6) is 0 Å². The highest BCUT2D eigenvalue weighted by Crippen LogP contribution is 2.19. The molecule has 3 rings (SSSR count). The van der Waals surface area contributed by atoms with E-state index in [0.717, 1.165) is 28.1 Å². The molecule has 21 heavy (non-hydrogen) atoms. The number of nitrogens with zero attached hydrogens (tertiary/aromatic N) is 3. The van der Waals surface area contributed by atoms with Crippen LogP contribution in [0.1, 0.15) is 17.0 Å². The second-order valence-electron chi connectivity index (χ2n) is 5.07. The van der Waals surface area contributed by atoms with Gasteiger partial charge in [0.2, 0.25) is 0 Å². The van der Waals surface area contributed by atoms with Gasteiger partial charge in [0, 0.05) is 12.7 Å². The summed E-state index contributed by atoms with van der Waals surface area (Å²) in [7, 11) is 2.02. The third kappa shape index (κ3) is 2.46. The van der Waals surface area contributed by atoms with Crippen molar-refractivity contribution in [2.45, 2.75) is 13.5 Å². The standard InChI is InChI=1S/C17H16N4/c1-12-7-8-13(10-18)9-15(12)19-11-17-20-14-5-3-4-6-16(14)21(17)2/h3-9,19H,11H2,1-2H3. The molecule has 0 fully saturated rings. The number of para-hydroxylation sites is 2. The normalized spacial score (nSPS) is 10.5. The molecule has 0 amide bonds. The Morgan fingerprint density at radius 2 is 2.05 bits per heavy atom. The van der Waals surface area contributed by atoms with E-state index in [2.05, 4.69) is 27.0 Å². The van der Waals surface area contributed by atoms with Crippen molar-refractivity contribution in [3.05, 3.63) is 59.4 Å². The van der Waals surface area contributed by atoms with Gasteiger partial charge < -0.3 is 9.88 Å². The second-order valence-corrected chi connectivity index (χ2v) is 5.07. The van der Waals surface area contributed by atoms with E-state index < -0.39 is 0 Å². The van der Waals surface area contributed by atoms with Crippen molar-refractivity contribution in [1.29, 1.82) is 5.26 Å². The van der Waals surface area contributed by atoms with Crippen LogP contribution in [0.2, 0.25) is 0 Å². The minimum atomic E-state index is 0.626. The van der Waals surface area contributed by atoms with Crippen LogP contribution in [-0.4, -0.2) is 9.55 Å². The van der Waals surface area contributed by atoms with Gasteiger partial charge in [0.25, 0.3) is 0 Å². The maximum Gasteiger partial charge on any atom is 0.128 e. The zero-order valence-electron chi connectivity index (χ0n) is 12.1. The first-order chi connectivity index (χ1) is 10.2. The molecule has 0 spiro atoms. The lowest BCUT2D eigenvalue weighted by molar-refractivity contribution is 0.834. The number of imidazole rings is 1. The molecule has 104 valence electrons. The molecule has 0 saturated carbocycles. The number of aromatic nitrogens is 2. The van der Waals surface area contributed by atoms with Gasteiger partial charge in [-0.3, -0.25) is 0 Å². The zero-order valence-corrected chi connectivity index (χ0v) is 12.1. The summed E-state index contributed by atoms with van der Waals surface area (Å²) in [5.41, 5.74) is 4.87. The van der Waals surface area contributed by atoms with E-state index >= 15 is 0 Å². The van der Waals surface area contributed by atoms with Crippen LogP contribution in [-0.2, 0) is 13.6 Å². The number of nitriles is 1. The van der Waals surface area contributed by atoms with Gasteiger partial charge in [0.05, 0.1) is 29.2 Å². The van der Waals surface area contributed by atoms with Crippen molar-refractivity contribution in [1.82, 2.24) is 9.55 Å². The molecule has 0 unspecified atom stereocenters. The molecule has 0 aliphatic rings. The molecule has 1 aromatic heterocycles. The summed E-state index contributed by atoms with van der Waals surface area (Å²) >= 11 is 0. The van der Waals surface area contributed by atoms with Gasteiger partial charge in [-0.05, 0) is 36.8 Å². The molecule has 0 radical (unpaired) electrons. The summed E-state index contributed by atoms with van der Waals surface area (Å²) in [6.07, 6.45) is 0. The summed E-state index contributed by atoms with van der Waals surface area (Å²) in [4.78, 5) is 4.64. The first-order valence-electron chi connectivity index (χ1n) is 6.84. The van der Waals surface area contributed by atoms with Crippen molar-refractivity contribution in [2.24, 2.45) is 7.05 Å². The average Bonchev–Trinajstić information content (AvgIpc) is 2.83. The largest absolute Gasteiger partial charge is 0.378 e. The Morgan fingerprint density at radius 3 is 2.81 bits per heavy atom. The smallest absolute Gasteiger partial charge is 0.128 e. The van der Waals surface area contributed by atoms with Crippen LogP contribution in [0, 0.1) is 18.3 Å². The zero-order chi connectivity index (χ0) is 14.8. The number of anilines is 1. The van der Waals surface area contributed by atoms with Crippen molar-refractivity contribution in [2.75, 3.05) is 5.32 Å². The van der Waals surface area contributed by atoms with Gasteiger partial charge in [-0.2, -0.15) is 5.26 Å². The maximum atomic E-state index is 8.98. The molecule has 3 aromatic rings. The maximum absolute atomic E-state index is 8.98. The highest BCUT2D eigenvalue weighted by Gasteiger charge is 2.07. The Kier molecular flexibility index (Phi) is 3.33. The van der Waals surface area contributed by atoms with Gasteiger partial charge in [0.1, 0.15) is 5.82 Å². The molecule has 4 heteroatoms. The van der Waals surface area contributed by atoms with E-state index in [-0.39, 0.29) is 0 Å². The molecule has 1 N–H and O–H groups in total. The third-order valence-corrected chi connectivity index (χ3v) is 3.68. The van der Waals surface area contributed by atoms with E-state index in [1.807, 2.05) is 50.4 Å². The first kappa shape index (κ1) is 13.2. The fraction of sp³-hybridized carbons (Fsp3) is 0.176. The van der Waals surface area contributed by atoms with Crippen LogP contribution in [0.3, 0.4) is 0 Å². The lowest BCUT2D eigenvalue weighted by Gasteiger charge is -2.10. The highest BCUT2D eigenvalue weighted by molar-refractivity contribution is 5.75. The summed E-state index contributed by atoms with van der Waals surface area (Å²) in [6, 6.07) is 15.9. The summed E-state index contributed by atoms with van der Waals surface area (Å²) in [5.74, 6) is 0.970. The number of hydrogen-bond donors (Lipinski definition) is 1. The second kappa shape index (κ2) is 5.29. The fourth-order valence-corrected chi connectivity index (χ4v) is 2.41. The molecule has 0 aliphatic carbocycles.